The molecule has 0 radical (unpaired) electrons. The lowest BCUT2D eigenvalue weighted by Crippen LogP contribution is -2.43. The Morgan fingerprint density at radius 2 is 0.770 bits per heavy atom. The van der Waals surface area contributed by atoms with Crippen molar-refractivity contribution in [1.29, 1.82) is 0 Å². The van der Waals surface area contributed by atoms with Gasteiger partial charge in [0.2, 0.25) is 0 Å². The fraction of sp³-hybridized carbons (Fsp3) is 0.879. The fourth-order valence-corrected chi connectivity index (χ4v) is 9.27. The highest BCUT2D eigenvalue weighted by atomic mass is 16.6. The number of esters is 6. The zero-order chi connectivity index (χ0) is 54.0. The summed E-state index contributed by atoms with van der Waals surface area (Å²) in [5, 5.41) is 0. The van der Waals surface area contributed by atoms with Gasteiger partial charge in [-0.15, -0.1) is 0 Å². The number of likely N-dealkylation sites (tertiary alicyclic amines) is 2. The van der Waals surface area contributed by atoms with Crippen molar-refractivity contribution < 1.29 is 66.7 Å². The Balaban J connectivity index is 2.12. The van der Waals surface area contributed by atoms with E-state index in [1.165, 1.54) is 4.90 Å². The second-order valence-corrected chi connectivity index (χ2v) is 21.2. The molecule has 0 unspecified atom stereocenters. The number of rotatable bonds is 44. The van der Waals surface area contributed by atoms with E-state index in [0.717, 1.165) is 142 Å². The van der Waals surface area contributed by atoms with Crippen LogP contribution < -0.4 is 0 Å². The van der Waals surface area contributed by atoms with E-state index in [0.29, 0.717) is 38.5 Å². The molecule has 16 heteroatoms. The summed E-state index contributed by atoms with van der Waals surface area (Å²) in [6.07, 6.45) is 25.0. The van der Waals surface area contributed by atoms with Crippen LogP contribution in [0.5, 0.6) is 0 Å². The van der Waals surface area contributed by atoms with Crippen molar-refractivity contribution in [2.24, 2.45) is 11.8 Å². The molecular weight excluding hydrogens is 949 g/mol. The van der Waals surface area contributed by atoms with E-state index < -0.39 is 42.0 Å². The van der Waals surface area contributed by atoms with Gasteiger partial charge in [-0.05, 0) is 45.6 Å². The van der Waals surface area contributed by atoms with Crippen molar-refractivity contribution in [3.05, 3.63) is 0 Å². The Morgan fingerprint density at radius 3 is 1.15 bits per heavy atom. The van der Waals surface area contributed by atoms with E-state index >= 15 is 0 Å². The highest BCUT2D eigenvalue weighted by Gasteiger charge is 2.40. The molecular formula is C58H102N2O14. The third-order valence-corrected chi connectivity index (χ3v) is 14.0. The summed E-state index contributed by atoms with van der Waals surface area (Å²) in [5.41, 5.74) is 0. The number of hydrogen-bond acceptors (Lipinski definition) is 15. The number of unbranched alkanes of at least 4 members (excludes halogenated alkanes) is 20. The maximum atomic E-state index is 13.8. The molecule has 2 aliphatic rings. The lowest BCUT2D eigenvalue weighted by molar-refractivity contribution is -0.157. The topological polar surface area (TPSA) is 191 Å². The van der Waals surface area contributed by atoms with Crippen molar-refractivity contribution in [1.82, 2.24) is 9.80 Å². The Hall–Kier alpha value is -3.95. The lowest BCUT2D eigenvalue weighted by atomic mass is 10.1. The van der Waals surface area contributed by atoms with Crippen molar-refractivity contribution >= 4 is 41.9 Å². The van der Waals surface area contributed by atoms with Gasteiger partial charge in [0, 0.05) is 57.0 Å². The molecule has 2 fully saturated rings. The van der Waals surface area contributed by atoms with E-state index in [2.05, 4.69) is 32.6 Å². The molecule has 0 aromatic rings. The predicted octanol–water partition coefficient (Wildman–Crippen LogP) is 11.9. The number of hydrogen-bond donors (Lipinski definition) is 0. The molecule has 74 heavy (non-hydrogen) atoms. The zero-order valence-corrected chi connectivity index (χ0v) is 47.0. The minimum Gasteiger partial charge on any atom is -0.465 e. The lowest BCUT2D eigenvalue weighted by Gasteiger charge is -2.31. The maximum absolute atomic E-state index is 13.8. The van der Waals surface area contributed by atoms with Gasteiger partial charge < -0.3 is 38.1 Å². The van der Waals surface area contributed by atoms with E-state index in [1.807, 2.05) is 7.05 Å². The van der Waals surface area contributed by atoms with Crippen LogP contribution in [-0.4, -0.2) is 130 Å². The molecule has 0 N–H and O–H groups in total. The van der Waals surface area contributed by atoms with Gasteiger partial charge in [-0.25, -0.2) is 4.79 Å². The summed E-state index contributed by atoms with van der Waals surface area (Å²) in [7, 11) is 2.01. The number of ether oxygens (including phenoxy) is 7. The Bertz CT molecular complexity index is 1470. The molecule has 2 heterocycles. The van der Waals surface area contributed by atoms with Crippen LogP contribution in [0.15, 0.2) is 0 Å². The van der Waals surface area contributed by atoms with E-state index in [-0.39, 0.29) is 115 Å². The maximum Gasteiger partial charge on any atom is 0.410 e. The molecule has 0 aromatic heterocycles. The van der Waals surface area contributed by atoms with Crippen LogP contribution in [0.3, 0.4) is 0 Å². The third kappa shape index (κ3) is 33.9. The molecule has 0 aliphatic carbocycles. The van der Waals surface area contributed by atoms with Crippen LogP contribution in [0.1, 0.15) is 240 Å². The van der Waals surface area contributed by atoms with Crippen molar-refractivity contribution in [2.45, 2.75) is 258 Å². The van der Waals surface area contributed by atoms with Crippen molar-refractivity contribution in [3.8, 4) is 0 Å². The number of amides is 1. The normalized spacial score (nSPS) is 16.1. The molecule has 0 saturated carbocycles. The third-order valence-electron chi connectivity index (χ3n) is 14.0. The smallest absolute Gasteiger partial charge is 0.410 e. The SMILES string of the molecule is CCCCCCCCC(=O)OCC(COC(=O)CCCCCCCC)CC(=O)OC[C@H]1C[C@@H](OC(=O)CC(COC(=O)CCCCCCCC)COC(=O)CCCCCCCC)CN1C(=O)OC1CCN(C)CC1. The minimum absolute atomic E-state index is 0.00367. The van der Waals surface area contributed by atoms with Crippen LogP contribution in [0.4, 0.5) is 4.79 Å². The number of carbonyl (C=O) groups excluding carboxylic acids is 7. The summed E-state index contributed by atoms with van der Waals surface area (Å²) in [4.78, 5) is 95.5. The fourth-order valence-electron chi connectivity index (χ4n) is 9.27. The Morgan fingerprint density at radius 1 is 0.419 bits per heavy atom. The predicted molar refractivity (Wildman–Crippen MR) is 285 cm³/mol. The van der Waals surface area contributed by atoms with Gasteiger partial charge >= 0.3 is 41.9 Å². The van der Waals surface area contributed by atoms with Crippen molar-refractivity contribution in [3.63, 3.8) is 0 Å². The first-order valence-corrected chi connectivity index (χ1v) is 29.5. The zero-order valence-electron chi connectivity index (χ0n) is 47.0. The Labute approximate surface area is 446 Å². The Kier molecular flexibility index (Phi) is 38.6. The number of carbonyl (C=O) groups is 7. The highest BCUT2D eigenvalue weighted by Crippen LogP contribution is 2.26. The van der Waals surface area contributed by atoms with Gasteiger partial charge in [-0.2, -0.15) is 0 Å². The van der Waals surface area contributed by atoms with Gasteiger partial charge in [0.05, 0.1) is 51.9 Å². The second-order valence-electron chi connectivity index (χ2n) is 21.2. The molecule has 0 aromatic carbocycles. The summed E-state index contributed by atoms with van der Waals surface area (Å²) in [6, 6.07) is -0.694. The first-order chi connectivity index (χ1) is 35.9. The van der Waals surface area contributed by atoms with Gasteiger partial charge in [-0.1, -0.05) is 156 Å². The van der Waals surface area contributed by atoms with E-state index in [9.17, 15) is 33.6 Å². The number of nitrogens with zero attached hydrogens (tertiary/aromatic N) is 2. The van der Waals surface area contributed by atoms with Gasteiger partial charge in [0.15, 0.2) is 0 Å². The summed E-state index contributed by atoms with van der Waals surface area (Å²) >= 11 is 0. The van der Waals surface area contributed by atoms with Gasteiger partial charge in [0.1, 0.15) is 18.8 Å². The molecule has 2 saturated heterocycles. The molecule has 428 valence electrons. The summed E-state index contributed by atoms with van der Waals surface area (Å²) in [6.45, 7) is 9.45. The van der Waals surface area contributed by atoms with E-state index in [4.69, 9.17) is 33.2 Å². The molecule has 2 aliphatic heterocycles. The van der Waals surface area contributed by atoms with E-state index in [1.54, 1.807) is 0 Å². The first-order valence-electron chi connectivity index (χ1n) is 29.5. The highest BCUT2D eigenvalue weighted by molar-refractivity contribution is 5.73. The monoisotopic (exact) mass is 1050 g/mol. The minimum atomic E-state index is -0.771. The molecule has 1 amide bonds. The van der Waals surface area contributed by atoms with Crippen LogP contribution in [0, 0.1) is 11.8 Å². The van der Waals surface area contributed by atoms with Crippen LogP contribution in [0.2, 0.25) is 0 Å². The summed E-state index contributed by atoms with van der Waals surface area (Å²) in [5.74, 6) is -4.02. The molecule has 0 spiro atoms. The average Bonchev–Trinajstić information content (AvgIpc) is 3.79. The molecule has 16 nitrogen and oxygen atoms in total. The first kappa shape index (κ1) is 66.2. The average molecular weight is 1050 g/mol. The molecule has 0 bridgehead atoms. The molecule has 2 rings (SSSR count). The van der Waals surface area contributed by atoms with Crippen LogP contribution >= 0.6 is 0 Å². The van der Waals surface area contributed by atoms with Gasteiger partial charge in [-0.3, -0.25) is 33.7 Å². The van der Waals surface area contributed by atoms with Crippen LogP contribution in [0.25, 0.3) is 0 Å². The standard InChI is InChI=1S/C58H102N2O14/c1-6-10-14-18-22-26-30-52(61)68-42-47(43-69-53(62)31-27-23-19-15-11-7-2)38-56(65)72-46-49-40-51(41-60(49)58(67)74-50-34-36-59(5)37-35-50)73-57(66)39-48(44-70-54(63)32-28-24-20-16-12-8-3)45-71-55(64)33-29-25-21-17-13-9-4/h47-51H,6-46H2,1-5H3/t49-,51-/m1/s1. The summed E-state index contributed by atoms with van der Waals surface area (Å²) < 4.78 is 40.1. The van der Waals surface area contributed by atoms with Gasteiger partial charge in [0.25, 0.3) is 0 Å². The van der Waals surface area contributed by atoms with Crippen molar-refractivity contribution in [2.75, 3.05) is 59.7 Å². The molecule has 2 atom stereocenters. The van der Waals surface area contributed by atoms with Crippen LogP contribution in [-0.2, 0) is 61.9 Å². The second kappa shape index (κ2) is 43.2. The quantitative estimate of drug-likeness (QED) is 0.0318. The largest absolute Gasteiger partial charge is 0.465 e. The number of piperidine rings is 1.